The molecule has 0 spiro atoms. The van der Waals surface area contributed by atoms with Gasteiger partial charge in [0.2, 0.25) is 0 Å². The van der Waals surface area contributed by atoms with Crippen molar-refractivity contribution in [3.63, 3.8) is 0 Å². The quantitative estimate of drug-likeness (QED) is 0.621. The fraction of sp³-hybridized carbons (Fsp3) is 0.286. The molecule has 0 unspecified atom stereocenters. The average Bonchev–Trinajstić information content (AvgIpc) is 2.36. The van der Waals surface area contributed by atoms with Gasteiger partial charge in [-0.1, -0.05) is 13.0 Å². The van der Waals surface area contributed by atoms with Crippen LogP contribution in [-0.4, -0.2) is 24.0 Å². The predicted octanol–water partition coefficient (Wildman–Crippen LogP) is 2.78. The number of aliphatic carboxylic acids is 1. The number of carbonyl (C=O) groups excluding carboxylic acids is 1. The maximum atomic E-state index is 11.8. The van der Waals surface area contributed by atoms with Gasteiger partial charge in [-0.3, -0.25) is 4.79 Å². The number of carbonyl (C=O) groups is 2. The smallest absolute Gasteiger partial charge is 0.328 e. The Morgan fingerprint density at radius 1 is 1.39 bits per heavy atom. The molecular weight excluding hydrogens is 232 g/mol. The largest absolute Gasteiger partial charge is 0.496 e. The molecular formula is C14H16O4. The number of hydrogen-bond acceptors (Lipinski definition) is 3. The predicted molar refractivity (Wildman–Crippen MR) is 68.9 cm³/mol. The summed E-state index contributed by atoms with van der Waals surface area (Å²) in [6.07, 6.45) is 3.75. The molecule has 1 N–H and O–H groups in total. The summed E-state index contributed by atoms with van der Waals surface area (Å²) < 4.78 is 5.16. The molecule has 1 aromatic carbocycles. The van der Waals surface area contributed by atoms with Gasteiger partial charge in [0.15, 0.2) is 5.78 Å². The van der Waals surface area contributed by atoms with Crippen LogP contribution in [0.4, 0.5) is 0 Å². The van der Waals surface area contributed by atoms with Gasteiger partial charge in [0.1, 0.15) is 5.75 Å². The highest BCUT2D eigenvalue weighted by Crippen LogP contribution is 2.22. The number of benzene rings is 1. The third-order valence-electron chi connectivity index (χ3n) is 2.42. The molecule has 18 heavy (non-hydrogen) atoms. The summed E-state index contributed by atoms with van der Waals surface area (Å²) in [7, 11) is 1.49. The Balaban J connectivity index is 3.03. The standard InChI is InChI=1S/C14H16O4/c1-3-4-12(15)11-7-5-10(6-8-14(16)17)9-13(11)18-2/h5-9H,3-4H2,1-2H3,(H,16,17)/b8-6+. The lowest BCUT2D eigenvalue weighted by atomic mass is 10.0. The molecule has 1 aromatic rings. The van der Waals surface area contributed by atoms with E-state index in [1.54, 1.807) is 18.2 Å². The number of ether oxygens (including phenoxy) is 1. The summed E-state index contributed by atoms with van der Waals surface area (Å²) in [5.74, 6) is -0.510. The third-order valence-corrected chi connectivity index (χ3v) is 2.42. The molecule has 4 nitrogen and oxygen atoms in total. The van der Waals surface area contributed by atoms with Gasteiger partial charge in [-0.25, -0.2) is 4.79 Å². The molecule has 0 fully saturated rings. The number of carboxylic acids is 1. The van der Waals surface area contributed by atoms with E-state index in [1.165, 1.54) is 13.2 Å². The molecule has 4 heteroatoms. The Morgan fingerprint density at radius 3 is 2.67 bits per heavy atom. The minimum atomic E-state index is -1.01. The van der Waals surface area contributed by atoms with Gasteiger partial charge >= 0.3 is 5.97 Å². The summed E-state index contributed by atoms with van der Waals surface area (Å²) in [6.45, 7) is 1.94. The number of ketones is 1. The van der Waals surface area contributed by atoms with Crippen LogP contribution in [0.5, 0.6) is 5.75 Å². The molecule has 0 aromatic heterocycles. The molecule has 1 rings (SSSR count). The lowest BCUT2D eigenvalue weighted by Crippen LogP contribution is -2.01. The van der Waals surface area contributed by atoms with Crippen LogP contribution in [0.2, 0.25) is 0 Å². The average molecular weight is 248 g/mol. The molecule has 0 amide bonds. The van der Waals surface area contributed by atoms with Crippen molar-refractivity contribution in [3.8, 4) is 5.75 Å². The normalized spacial score (nSPS) is 10.6. The van der Waals surface area contributed by atoms with E-state index in [4.69, 9.17) is 9.84 Å². The van der Waals surface area contributed by atoms with Gasteiger partial charge in [0.05, 0.1) is 12.7 Å². The van der Waals surface area contributed by atoms with Crippen LogP contribution in [0.15, 0.2) is 24.3 Å². The second-order valence-corrected chi connectivity index (χ2v) is 3.80. The lowest BCUT2D eigenvalue weighted by molar-refractivity contribution is -0.131. The maximum absolute atomic E-state index is 11.8. The van der Waals surface area contributed by atoms with E-state index in [-0.39, 0.29) is 5.78 Å². The number of Topliss-reactive ketones (excluding diaryl/α,β-unsaturated/α-hetero) is 1. The van der Waals surface area contributed by atoms with Crippen LogP contribution < -0.4 is 4.74 Å². The van der Waals surface area contributed by atoms with Crippen LogP contribution in [0.25, 0.3) is 6.08 Å². The lowest BCUT2D eigenvalue weighted by Gasteiger charge is -2.08. The van der Waals surface area contributed by atoms with E-state index in [0.717, 1.165) is 12.5 Å². The third kappa shape index (κ3) is 3.73. The van der Waals surface area contributed by atoms with E-state index in [1.807, 2.05) is 6.92 Å². The van der Waals surface area contributed by atoms with Crippen molar-refractivity contribution < 1.29 is 19.4 Å². The molecule has 0 aliphatic rings. The first kappa shape index (κ1) is 14.0. The van der Waals surface area contributed by atoms with Crippen molar-refractivity contribution in [3.05, 3.63) is 35.4 Å². The Hall–Kier alpha value is -2.10. The van der Waals surface area contributed by atoms with E-state index < -0.39 is 5.97 Å². The van der Waals surface area contributed by atoms with Crippen LogP contribution in [0, 0.1) is 0 Å². The number of hydrogen-bond donors (Lipinski definition) is 1. The molecule has 0 radical (unpaired) electrons. The first-order valence-corrected chi connectivity index (χ1v) is 5.70. The zero-order valence-corrected chi connectivity index (χ0v) is 10.5. The zero-order chi connectivity index (χ0) is 13.5. The Bertz CT molecular complexity index is 475. The van der Waals surface area contributed by atoms with E-state index in [2.05, 4.69) is 0 Å². The number of methoxy groups -OCH3 is 1. The maximum Gasteiger partial charge on any atom is 0.328 e. The van der Waals surface area contributed by atoms with Crippen molar-refractivity contribution >= 4 is 17.8 Å². The topological polar surface area (TPSA) is 63.6 Å². The fourth-order valence-corrected chi connectivity index (χ4v) is 1.57. The number of rotatable bonds is 6. The monoisotopic (exact) mass is 248 g/mol. The number of carboxylic acid groups (broad SMARTS) is 1. The van der Waals surface area contributed by atoms with Gasteiger partial charge in [-0.05, 0) is 30.2 Å². The minimum absolute atomic E-state index is 0.0307. The summed E-state index contributed by atoms with van der Waals surface area (Å²) in [6, 6.07) is 5.02. The van der Waals surface area contributed by atoms with Gasteiger partial charge in [0, 0.05) is 12.5 Å². The highest BCUT2D eigenvalue weighted by molar-refractivity contribution is 5.99. The van der Waals surface area contributed by atoms with E-state index in [9.17, 15) is 9.59 Å². The second kappa shape index (κ2) is 6.59. The van der Waals surface area contributed by atoms with Crippen molar-refractivity contribution in [2.75, 3.05) is 7.11 Å². The van der Waals surface area contributed by atoms with Crippen LogP contribution in [0.1, 0.15) is 35.7 Å². The van der Waals surface area contributed by atoms with Crippen molar-refractivity contribution in [1.82, 2.24) is 0 Å². The van der Waals surface area contributed by atoms with Crippen molar-refractivity contribution in [2.45, 2.75) is 19.8 Å². The molecule has 0 heterocycles. The van der Waals surface area contributed by atoms with Crippen LogP contribution >= 0.6 is 0 Å². The Kier molecular flexibility index (Phi) is 5.11. The van der Waals surface area contributed by atoms with Crippen LogP contribution in [0.3, 0.4) is 0 Å². The van der Waals surface area contributed by atoms with Crippen LogP contribution in [-0.2, 0) is 4.79 Å². The minimum Gasteiger partial charge on any atom is -0.496 e. The van der Waals surface area contributed by atoms with Crippen molar-refractivity contribution in [1.29, 1.82) is 0 Å². The fourth-order valence-electron chi connectivity index (χ4n) is 1.57. The molecule has 0 saturated heterocycles. The summed E-state index contributed by atoms with van der Waals surface area (Å²) in [5.41, 5.74) is 1.22. The van der Waals surface area contributed by atoms with Crippen molar-refractivity contribution in [2.24, 2.45) is 0 Å². The zero-order valence-electron chi connectivity index (χ0n) is 10.5. The Labute approximate surface area is 106 Å². The Morgan fingerprint density at radius 2 is 2.11 bits per heavy atom. The molecule has 96 valence electrons. The first-order chi connectivity index (χ1) is 8.58. The van der Waals surface area contributed by atoms with E-state index in [0.29, 0.717) is 23.3 Å². The molecule has 0 aliphatic carbocycles. The molecule has 0 aliphatic heterocycles. The first-order valence-electron chi connectivity index (χ1n) is 5.70. The summed E-state index contributed by atoms with van der Waals surface area (Å²) in [4.78, 5) is 22.2. The highest BCUT2D eigenvalue weighted by atomic mass is 16.5. The molecule has 0 bridgehead atoms. The summed E-state index contributed by atoms with van der Waals surface area (Å²) in [5, 5.41) is 8.54. The molecule has 0 saturated carbocycles. The van der Waals surface area contributed by atoms with Gasteiger partial charge in [-0.15, -0.1) is 0 Å². The van der Waals surface area contributed by atoms with Gasteiger partial charge in [-0.2, -0.15) is 0 Å². The second-order valence-electron chi connectivity index (χ2n) is 3.80. The summed E-state index contributed by atoms with van der Waals surface area (Å²) >= 11 is 0. The van der Waals surface area contributed by atoms with Gasteiger partial charge in [0.25, 0.3) is 0 Å². The van der Waals surface area contributed by atoms with E-state index >= 15 is 0 Å². The SMILES string of the molecule is CCCC(=O)c1ccc(/C=C/C(=O)O)cc1OC. The molecule has 0 atom stereocenters. The van der Waals surface area contributed by atoms with Gasteiger partial charge < -0.3 is 9.84 Å². The highest BCUT2D eigenvalue weighted by Gasteiger charge is 2.11.